The van der Waals surface area contributed by atoms with Gasteiger partial charge < -0.3 is 74.6 Å². The SMILES string of the molecule is CC[C@H](C)[C@H](NC(=O)C1[C@@H](C)CCN1C(=O)[C@@H](NC(=O)[C@H](C)N)C(C)C)C(=O)N[C@@H](C)C(=O)N[C@@H](CCC(N)=O)C(=O)N[C@@H](CCCCN)C(=O)N[C@@H](CO)C(=O)N[C@@H](CCC(=O)O)C(=O)O. The van der Waals surface area contributed by atoms with Crippen molar-refractivity contribution in [1.29, 1.82) is 0 Å². The largest absolute Gasteiger partial charge is 0.481 e. The molecule has 0 aromatic carbocycles. The number of rotatable bonds is 30. The van der Waals surface area contributed by atoms with Crippen LogP contribution >= 0.6 is 0 Å². The highest BCUT2D eigenvalue weighted by Crippen LogP contribution is 2.26. The number of likely N-dealkylation sites (tertiary alicyclic amines) is 1. The van der Waals surface area contributed by atoms with Crippen LogP contribution in [0, 0.1) is 17.8 Å². The number of aliphatic hydroxyl groups is 1. The average Bonchev–Trinajstić information content (AvgIpc) is 3.65. The van der Waals surface area contributed by atoms with Crippen LogP contribution in [-0.2, 0) is 52.7 Å². The lowest BCUT2D eigenvalue weighted by Gasteiger charge is -2.33. The molecule has 0 saturated carbocycles. The number of nitrogens with one attached hydrogen (secondary N) is 7. The maximum Gasteiger partial charge on any atom is 0.326 e. The molecule has 0 bridgehead atoms. The van der Waals surface area contributed by atoms with Crippen molar-refractivity contribution in [2.75, 3.05) is 19.7 Å². The number of primary amides is 1. The summed E-state index contributed by atoms with van der Waals surface area (Å²) in [5.41, 5.74) is 16.7. The van der Waals surface area contributed by atoms with Crippen molar-refractivity contribution in [1.82, 2.24) is 42.1 Å². The summed E-state index contributed by atoms with van der Waals surface area (Å²) in [6, 6.07) is -11.8. The topological polar surface area (TPSA) is 414 Å². The molecule has 16 N–H and O–H groups in total. The molecule has 0 spiro atoms. The lowest BCUT2D eigenvalue weighted by Crippen LogP contribution is -2.61. The first kappa shape index (κ1) is 59.1. The lowest BCUT2D eigenvalue weighted by molar-refractivity contribution is -0.144. The number of nitrogens with zero attached hydrogens (tertiary/aromatic N) is 1. The number of hydrogen-bond acceptors (Lipinski definition) is 14. The van der Waals surface area contributed by atoms with Crippen molar-refractivity contribution in [3.05, 3.63) is 0 Å². The van der Waals surface area contributed by atoms with E-state index >= 15 is 0 Å². The van der Waals surface area contributed by atoms with Gasteiger partial charge in [-0.1, -0.05) is 41.0 Å². The summed E-state index contributed by atoms with van der Waals surface area (Å²) in [6.45, 7) is 10.9. The normalized spacial score (nSPS) is 18.6. The van der Waals surface area contributed by atoms with Gasteiger partial charge >= 0.3 is 11.9 Å². The molecule has 0 aromatic heterocycles. The van der Waals surface area contributed by atoms with Gasteiger partial charge in [-0.05, 0) is 76.7 Å². The first-order chi connectivity index (χ1) is 31.3. The number of hydrogen-bond donors (Lipinski definition) is 13. The van der Waals surface area contributed by atoms with Gasteiger partial charge in [-0.2, -0.15) is 0 Å². The third-order valence-electron chi connectivity index (χ3n) is 11.4. The van der Waals surface area contributed by atoms with E-state index in [2.05, 4.69) is 37.2 Å². The Morgan fingerprint density at radius 2 is 1.19 bits per heavy atom. The third-order valence-corrected chi connectivity index (χ3v) is 11.4. The number of aliphatic hydroxyl groups excluding tert-OH is 1. The van der Waals surface area contributed by atoms with Crippen molar-refractivity contribution in [2.45, 2.75) is 161 Å². The highest BCUT2D eigenvalue weighted by atomic mass is 16.4. The van der Waals surface area contributed by atoms with Crippen LogP contribution in [0.3, 0.4) is 0 Å². The molecule has 1 aliphatic heterocycles. The molecule has 11 atom stereocenters. The Morgan fingerprint density at radius 3 is 1.70 bits per heavy atom. The van der Waals surface area contributed by atoms with Crippen LogP contribution < -0.4 is 54.4 Å². The van der Waals surface area contributed by atoms with E-state index in [4.69, 9.17) is 22.3 Å². The molecule has 67 heavy (non-hydrogen) atoms. The van der Waals surface area contributed by atoms with Gasteiger partial charge in [-0.25, -0.2) is 4.79 Å². The minimum Gasteiger partial charge on any atom is -0.481 e. The molecule has 380 valence electrons. The van der Waals surface area contributed by atoms with Gasteiger partial charge in [0.05, 0.1) is 12.6 Å². The third kappa shape index (κ3) is 19.4. The summed E-state index contributed by atoms with van der Waals surface area (Å²) in [5, 5.41) is 45.4. The van der Waals surface area contributed by atoms with Gasteiger partial charge in [0.25, 0.3) is 0 Å². The Hall–Kier alpha value is -5.95. The quantitative estimate of drug-likeness (QED) is 0.0305. The standard InChI is InChI=1S/C42H73N11O14/c1-8-21(4)32(52-40(64)33-22(5)16-18-53(33)41(65)31(20(2)3)51-34(58)23(6)44)39(63)46-24(7)35(59)47-26(12-14-29(45)55)37(61)48-25(11-9-10-17-43)36(60)50-28(19-54)38(62)49-27(42(66)67)13-15-30(56)57/h20-28,31-33,54H,8-19,43-44H2,1-7H3,(H2,45,55)(H,46,63)(H,47,59)(H,48,61)(H,49,62)(H,50,60)(H,51,58)(H,52,64)(H,56,57)(H,66,67)/t21-,22-,23-,24-,25-,26-,27-,28-,31-,32-,33?/m0/s1. The highest BCUT2D eigenvalue weighted by molar-refractivity contribution is 5.98. The molecular weight excluding hydrogens is 883 g/mol. The number of nitrogens with two attached hydrogens (primary N) is 3. The summed E-state index contributed by atoms with van der Waals surface area (Å²) in [7, 11) is 0. The highest BCUT2D eigenvalue weighted by Gasteiger charge is 2.44. The number of unbranched alkanes of at least 4 members (excludes halogenated alkanes) is 1. The fourth-order valence-electron chi connectivity index (χ4n) is 7.03. The molecule has 0 aliphatic carbocycles. The predicted molar refractivity (Wildman–Crippen MR) is 239 cm³/mol. The first-order valence-corrected chi connectivity index (χ1v) is 22.5. The van der Waals surface area contributed by atoms with Crippen molar-refractivity contribution >= 4 is 65.1 Å². The van der Waals surface area contributed by atoms with Crippen LogP contribution in [0.4, 0.5) is 0 Å². The van der Waals surface area contributed by atoms with Crippen molar-refractivity contribution < 1.29 is 68.1 Å². The van der Waals surface area contributed by atoms with Crippen LogP contribution in [-0.4, -0.2) is 159 Å². The van der Waals surface area contributed by atoms with Crippen molar-refractivity contribution in [2.24, 2.45) is 35.0 Å². The van der Waals surface area contributed by atoms with E-state index in [0.29, 0.717) is 19.3 Å². The van der Waals surface area contributed by atoms with E-state index in [1.807, 2.05) is 0 Å². The molecule has 1 heterocycles. The zero-order valence-corrected chi connectivity index (χ0v) is 39.4. The molecule has 0 radical (unpaired) electrons. The molecule has 25 nitrogen and oxygen atoms in total. The molecule has 1 fully saturated rings. The lowest BCUT2D eigenvalue weighted by atomic mass is 9.95. The Labute approximate surface area is 389 Å². The monoisotopic (exact) mass is 956 g/mol. The van der Waals surface area contributed by atoms with Crippen LogP contribution in [0.2, 0.25) is 0 Å². The van der Waals surface area contributed by atoms with E-state index in [0.717, 1.165) is 0 Å². The van der Waals surface area contributed by atoms with Gasteiger partial charge in [-0.3, -0.25) is 47.9 Å². The average molecular weight is 956 g/mol. The minimum atomic E-state index is -1.74. The summed E-state index contributed by atoms with van der Waals surface area (Å²) in [5.74, 6) is -11.4. The molecular formula is C42H73N11O14. The van der Waals surface area contributed by atoms with Crippen LogP contribution in [0.15, 0.2) is 0 Å². The fourth-order valence-corrected chi connectivity index (χ4v) is 7.03. The molecule has 9 amide bonds. The number of carboxylic acids is 2. The number of carbonyl (C=O) groups is 11. The molecule has 0 aromatic rings. The zero-order valence-electron chi connectivity index (χ0n) is 39.4. The Morgan fingerprint density at radius 1 is 0.657 bits per heavy atom. The number of amides is 9. The van der Waals surface area contributed by atoms with Crippen LogP contribution in [0.5, 0.6) is 0 Å². The van der Waals surface area contributed by atoms with Crippen molar-refractivity contribution in [3.8, 4) is 0 Å². The van der Waals surface area contributed by atoms with E-state index in [1.165, 1.54) is 18.7 Å². The van der Waals surface area contributed by atoms with Crippen LogP contribution in [0.25, 0.3) is 0 Å². The smallest absolute Gasteiger partial charge is 0.326 e. The second-order valence-corrected chi connectivity index (χ2v) is 17.4. The van der Waals surface area contributed by atoms with E-state index in [1.54, 1.807) is 34.6 Å². The Kier molecular flexibility index (Phi) is 25.5. The number of aliphatic carboxylic acids is 2. The predicted octanol–water partition coefficient (Wildman–Crippen LogP) is -3.98. The number of carbonyl (C=O) groups excluding carboxylic acids is 9. The number of carboxylic acid groups (broad SMARTS) is 2. The zero-order chi connectivity index (χ0) is 51.3. The molecule has 1 unspecified atom stereocenters. The van der Waals surface area contributed by atoms with Crippen LogP contribution in [0.1, 0.15) is 106 Å². The van der Waals surface area contributed by atoms with Crippen molar-refractivity contribution in [3.63, 3.8) is 0 Å². The Bertz CT molecular complexity index is 1770. The molecule has 1 rings (SSSR count). The van der Waals surface area contributed by atoms with E-state index in [-0.39, 0.29) is 44.2 Å². The van der Waals surface area contributed by atoms with E-state index in [9.17, 15) is 63.0 Å². The maximum atomic E-state index is 14.0. The van der Waals surface area contributed by atoms with Gasteiger partial charge in [0, 0.05) is 19.4 Å². The van der Waals surface area contributed by atoms with Gasteiger partial charge in [0.1, 0.15) is 48.3 Å². The molecule has 1 saturated heterocycles. The summed E-state index contributed by atoms with van der Waals surface area (Å²) in [4.78, 5) is 144. The van der Waals surface area contributed by atoms with Gasteiger partial charge in [-0.15, -0.1) is 0 Å². The second kappa shape index (κ2) is 28.9. The summed E-state index contributed by atoms with van der Waals surface area (Å²) in [6.07, 6.45) is -0.476. The second-order valence-electron chi connectivity index (χ2n) is 17.4. The Balaban J connectivity index is 3.27. The maximum absolute atomic E-state index is 14.0. The summed E-state index contributed by atoms with van der Waals surface area (Å²) >= 11 is 0. The molecule has 25 heteroatoms. The van der Waals surface area contributed by atoms with Gasteiger partial charge in [0.15, 0.2) is 0 Å². The minimum absolute atomic E-state index is 0.0788. The van der Waals surface area contributed by atoms with E-state index < -0.39 is 151 Å². The summed E-state index contributed by atoms with van der Waals surface area (Å²) < 4.78 is 0. The molecule has 1 aliphatic rings. The fraction of sp³-hybridized carbons (Fsp3) is 0.738. The van der Waals surface area contributed by atoms with Gasteiger partial charge in [0.2, 0.25) is 53.2 Å². The first-order valence-electron chi connectivity index (χ1n) is 22.5.